The molecule has 3 aromatic rings. The van der Waals surface area contributed by atoms with Crippen LogP contribution < -0.4 is 9.64 Å². The molecule has 0 spiro atoms. The molecule has 2 heterocycles. The van der Waals surface area contributed by atoms with Crippen LogP contribution >= 0.6 is 11.6 Å². The van der Waals surface area contributed by atoms with Gasteiger partial charge < -0.3 is 14.5 Å². The third-order valence-corrected chi connectivity index (χ3v) is 10.9. The lowest BCUT2D eigenvalue weighted by Crippen LogP contribution is -2.55. The number of piperazine rings is 1. The third kappa shape index (κ3) is 5.56. The Hall–Kier alpha value is -3.10. The van der Waals surface area contributed by atoms with Gasteiger partial charge in [-0.05, 0) is 74.1 Å². The van der Waals surface area contributed by atoms with Crippen molar-refractivity contribution in [2.45, 2.75) is 61.3 Å². The number of nitrogens with zero attached hydrogens (tertiary/aromatic N) is 2. The number of benzene rings is 3. The lowest BCUT2D eigenvalue weighted by atomic mass is 10.1. The molecule has 0 aliphatic carbocycles. The summed E-state index contributed by atoms with van der Waals surface area (Å²) in [5, 5.41) is -0.405. The van der Waals surface area contributed by atoms with E-state index in [0.29, 0.717) is 43.0 Å². The molecule has 0 N–H and O–H groups in total. The Bertz CT molecular complexity index is 1470. The van der Waals surface area contributed by atoms with Crippen molar-refractivity contribution in [3.05, 3.63) is 88.7 Å². The number of sulfone groups is 1. The molecule has 9 heteroatoms. The molecule has 5 rings (SSSR count). The molecule has 0 unspecified atom stereocenters. The number of amides is 1. The van der Waals surface area contributed by atoms with Crippen LogP contribution in [0.25, 0.3) is 0 Å². The van der Waals surface area contributed by atoms with E-state index >= 15 is 0 Å². The number of rotatable bonds is 9. The minimum absolute atomic E-state index is 0.00571. The van der Waals surface area contributed by atoms with E-state index in [1.807, 2.05) is 37.3 Å². The van der Waals surface area contributed by atoms with Gasteiger partial charge in [0.15, 0.2) is 9.84 Å². The van der Waals surface area contributed by atoms with Crippen molar-refractivity contribution in [2.24, 2.45) is 0 Å². The van der Waals surface area contributed by atoms with Crippen molar-refractivity contribution in [1.29, 1.82) is 0 Å². The van der Waals surface area contributed by atoms with Crippen LogP contribution in [0.1, 0.15) is 48.5 Å². The van der Waals surface area contributed by atoms with E-state index in [0.717, 1.165) is 30.2 Å². The van der Waals surface area contributed by atoms with Crippen molar-refractivity contribution >= 4 is 33.0 Å². The number of fused-ring (bicyclic) bond motifs is 2. The van der Waals surface area contributed by atoms with Crippen LogP contribution in [0.5, 0.6) is 5.75 Å². The Balaban J connectivity index is 1.38. The van der Waals surface area contributed by atoms with Crippen LogP contribution in [0.3, 0.4) is 0 Å². The fourth-order valence-corrected chi connectivity index (χ4v) is 8.12. The van der Waals surface area contributed by atoms with E-state index in [9.17, 15) is 17.6 Å². The summed E-state index contributed by atoms with van der Waals surface area (Å²) in [5.74, 6) is -0.109. The van der Waals surface area contributed by atoms with Gasteiger partial charge in [0.25, 0.3) is 5.91 Å². The van der Waals surface area contributed by atoms with E-state index < -0.39 is 20.9 Å². The first kappa shape index (κ1) is 28.4. The standard InChI is InChI=1S/C31H34ClFN2O4S/c1-3-25(13-9-21-7-5-4-6-8-21)40(37,38)26-14-16-30(39-2)29(18-26)35-23-11-12-24(35)20-34(19-23)31(36)27-15-10-22(33)17-28(27)32/h4-8,10,14-18,23-25H,3,9,11-13,19-20H2,1-2H3/t23-,24+,25-/m0/s1. The second-order valence-electron chi connectivity index (χ2n) is 10.6. The number of aryl methyl sites for hydroxylation is 1. The lowest BCUT2D eigenvalue weighted by molar-refractivity contribution is 0.0718. The molecule has 3 aromatic carbocycles. The molecule has 2 saturated heterocycles. The van der Waals surface area contributed by atoms with E-state index in [1.54, 1.807) is 30.2 Å². The van der Waals surface area contributed by atoms with E-state index in [2.05, 4.69) is 4.90 Å². The Morgan fingerprint density at radius 3 is 2.38 bits per heavy atom. The number of likely N-dealkylation sites (tertiary alicyclic amines) is 1. The van der Waals surface area contributed by atoms with E-state index in [-0.39, 0.29) is 28.6 Å². The summed E-state index contributed by atoms with van der Waals surface area (Å²) in [7, 11) is -2.00. The number of carbonyl (C=O) groups is 1. The van der Waals surface area contributed by atoms with Crippen molar-refractivity contribution in [3.63, 3.8) is 0 Å². The van der Waals surface area contributed by atoms with Crippen molar-refractivity contribution in [1.82, 2.24) is 4.90 Å². The molecule has 2 aliphatic rings. The number of anilines is 1. The molecule has 2 bridgehead atoms. The number of ether oxygens (including phenoxy) is 1. The summed E-state index contributed by atoms with van der Waals surface area (Å²) >= 11 is 6.18. The Kier molecular flexibility index (Phi) is 8.38. The Labute approximate surface area is 240 Å². The van der Waals surface area contributed by atoms with Gasteiger partial charge in [-0.2, -0.15) is 0 Å². The summed E-state index contributed by atoms with van der Waals surface area (Å²) in [4.78, 5) is 17.5. The third-order valence-electron chi connectivity index (χ3n) is 8.18. The highest BCUT2D eigenvalue weighted by atomic mass is 35.5. The first-order valence-corrected chi connectivity index (χ1v) is 15.6. The molecule has 2 aliphatic heterocycles. The number of halogens is 2. The number of hydrogen-bond donors (Lipinski definition) is 0. The summed E-state index contributed by atoms with van der Waals surface area (Å²) in [5.41, 5.74) is 2.14. The second-order valence-corrected chi connectivity index (χ2v) is 13.2. The van der Waals surface area contributed by atoms with E-state index in [1.165, 1.54) is 12.1 Å². The predicted octanol–water partition coefficient (Wildman–Crippen LogP) is 6.17. The van der Waals surface area contributed by atoms with Gasteiger partial charge in [-0.3, -0.25) is 4.79 Å². The zero-order chi connectivity index (χ0) is 28.4. The van der Waals surface area contributed by atoms with Crippen molar-refractivity contribution in [2.75, 3.05) is 25.1 Å². The van der Waals surface area contributed by atoms with Crippen LogP contribution in [0.2, 0.25) is 5.02 Å². The highest BCUT2D eigenvalue weighted by Gasteiger charge is 2.43. The number of methoxy groups -OCH3 is 1. The molecule has 2 fully saturated rings. The van der Waals surface area contributed by atoms with Gasteiger partial charge in [0.1, 0.15) is 11.6 Å². The molecule has 0 saturated carbocycles. The average molecular weight is 585 g/mol. The van der Waals surface area contributed by atoms with Crippen LogP contribution in [-0.2, 0) is 16.3 Å². The number of hydrogen-bond acceptors (Lipinski definition) is 5. The van der Waals surface area contributed by atoms with Gasteiger partial charge in [0.05, 0.1) is 33.5 Å². The summed E-state index contributed by atoms with van der Waals surface area (Å²) in [6, 6.07) is 18.9. The maximum atomic E-state index is 13.8. The van der Waals surface area contributed by atoms with Gasteiger partial charge in [-0.15, -0.1) is 0 Å². The highest BCUT2D eigenvalue weighted by Crippen LogP contribution is 2.42. The maximum absolute atomic E-state index is 13.8. The van der Waals surface area contributed by atoms with Crippen molar-refractivity contribution in [3.8, 4) is 5.75 Å². The zero-order valence-electron chi connectivity index (χ0n) is 22.7. The molecule has 3 atom stereocenters. The molecule has 212 valence electrons. The molecule has 0 radical (unpaired) electrons. The SMILES string of the molecule is CC[C@@H](CCc1ccccc1)S(=O)(=O)c1ccc(OC)c(N2[C@@H]3CC[C@H]2CN(C(=O)c2ccc(F)cc2Cl)C3)c1. The molecule has 40 heavy (non-hydrogen) atoms. The smallest absolute Gasteiger partial charge is 0.255 e. The van der Waals surface area contributed by atoms with Gasteiger partial charge >= 0.3 is 0 Å². The minimum Gasteiger partial charge on any atom is -0.495 e. The first-order chi connectivity index (χ1) is 19.2. The Morgan fingerprint density at radius 1 is 1.05 bits per heavy atom. The van der Waals surface area contributed by atoms with Gasteiger partial charge in [0, 0.05) is 25.2 Å². The van der Waals surface area contributed by atoms with Crippen LogP contribution in [0, 0.1) is 5.82 Å². The molecular weight excluding hydrogens is 551 g/mol. The number of carbonyl (C=O) groups excluding carboxylic acids is 1. The lowest BCUT2D eigenvalue weighted by Gasteiger charge is -2.43. The van der Waals surface area contributed by atoms with Gasteiger partial charge in [-0.1, -0.05) is 48.9 Å². The first-order valence-electron chi connectivity index (χ1n) is 13.7. The van der Waals surface area contributed by atoms with Gasteiger partial charge in [0.2, 0.25) is 0 Å². The predicted molar refractivity (Wildman–Crippen MR) is 156 cm³/mol. The maximum Gasteiger partial charge on any atom is 0.255 e. The molecular formula is C31H34ClFN2O4S. The van der Waals surface area contributed by atoms with Crippen LogP contribution in [0.4, 0.5) is 10.1 Å². The monoisotopic (exact) mass is 584 g/mol. The largest absolute Gasteiger partial charge is 0.495 e. The Morgan fingerprint density at radius 2 is 1.75 bits per heavy atom. The molecule has 1 amide bonds. The fourth-order valence-electron chi connectivity index (χ4n) is 6.09. The second kappa shape index (κ2) is 11.8. The normalized spacial score (nSPS) is 19.5. The topological polar surface area (TPSA) is 66.9 Å². The minimum atomic E-state index is -3.58. The van der Waals surface area contributed by atoms with Crippen LogP contribution in [0.15, 0.2) is 71.6 Å². The summed E-state index contributed by atoms with van der Waals surface area (Å²) in [6.45, 7) is 2.83. The van der Waals surface area contributed by atoms with Crippen molar-refractivity contribution < 1.29 is 22.3 Å². The van der Waals surface area contributed by atoms with E-state index in [4.69, 9.17) is 16.3 Å². The summed E-state index contributed by atoms with van der Waals surface area (Å²) < 4.78 is 46.8. The molecule has 6 nitrogen and oxygen atoms in total. The summed E-state index contributed by atoms with van der Waals surface area (Å²) in [6.07, 6.45) is 3.48. The molecule has 0 aromatic heterocycles. The highest BCUT2D eigenvalue weighted by molar-refractivity contribution is 7.92. The zero-order valence-corrected chi connectivity index (χ0v) is 24.3. The van der Waals surface area contributed by atoms with Crippen LogP contribution in [-0.4, -0.2) is 56.8 Å². The fraction of sp³-hybridized carbons (Fsp3) is 0.387. The van der Waals surface area contributed by atoms with Gasteiger partial charge in [-0.25, -0.2) is 12.8 Å². The quantitative estimate of drug-likeness (QED) is 0.301. The average Bonchev–Trinajstić information content (AvgIpc) is 3.21.